The molecule has 0 radical (unpaired) electrons. The number of carbonyl (C=O) groups is 1. The Morgan fingerprint density at radius 2 is 2.32 bits per heavy atom. The summed E-state index contributed by atoms with van der Waals surface area (Å²) in [5.74, 6) is -0.0850. The average Bonchev–Trinajstić information content (AvgIpc) is 3.11. The third-order valence-corrected chi connectivity index (χ3v) is 4.66. The molecule has 1 unspecified atom stereocenters. The maximum atomic E-state index is 11.5. The maximum absolute atomic E-state index is 11.5. The van der Waals surface area contributed by atoms with Crippen molar-refractivity contribution in [2.75, 3.05) is 18.5 Å². The van der Waals surface area contributed by atoms with Gasteiger partial charge in [-0.15, -0.1) is 0 Å². The van der Waals surface area contributed by atoms with E-state index in [1.54, 1.807) is 6.20 Å². The minimum Gasteiger partial charge on any atom is -0.379 e. The first-order valence-electron chi connectivity index (χ1n) is 7.25. The van der Waals surface area contributed by atoms with Gasteiger partial charge in [-0.2, -0.15) is 5.10 Å². The predicted molar refractivity (Wildman–Crippen MR) is 88.9 cm³/mol. The number of halogens is 1. The van der Waals surface area contributed by atoms with Crippen LogP contribution >= 0.6 is 15.9 Å². The Kier molecular flexibility index (Phi) is 4.31. The first kappa shape index (κ1) is 15.2. The van der Waals surface area contributed by atoms with Gasteiger partial charge in [-0.05, 0) is 37.1 Å². The molecule has 1 amide bonds. The van der Waals surface area contributed by atoms with Gasteiger partial charge in [-0.3, -0.25) is 9.48 Å². The van der Waals surface area contributed by atoms with Crippen molar-refractivity contribution >= 4 is 27.5 Å². The van der Waals surface area contributed by atoms with Gasteiger partial charge in [-0.1, -0.05) is 15.9 Å². The van der Waals surface area contributed by atoms with Crippen molar-refractivity contribution in [3.05, 3.63) is 34.4 Å². The van der Waals surface area contributed by atoms with Gasteiger partial charge < -0.3 is 10.1 Å². The molecule has 22 heavy (non-hydrogen) atoms. The fraction of sp³-hybridized carbons (Fsp3) is 0.375. The maximum Gasteiger partial charge on any atom is 0.221 e. The van der Waals surface area contributed by atoms with Crippen LogP contribution in [0.3, 0.4) is 0 Å². The van der Waals surface area contributed by atoms with Crippen molar-refractivity contribution in [2.45, 2.75) is 26.3 Å². The number of nitrogens with one attached hydrogen (secondary N) is 1. The van der Waals surface area contributed by atoms with Gasteiger partial charge in [0, 0.05) is 29.8 Å². The monoisotopic (exact) mass is 363 g/mol. The summed E-state index contributed by atoms with van der Waals surface area (Å²) in [6.07, 6.45) is 2.75. The molecule has 0 spiro atoms. The number of ether oxygens (including phenoxy) is 1. The quantitative estimate of drug-likeness (QED) is 0.907. The summed E-state index contributed by atoms with van der Waals surface area (Å²) in [7, 11) is 0. The van der Waals surface area contributed by atoms with Crippen LogP contribution in [0, 0.1) is 6.92 Å². The normalized spacial score (nSPS) is 17.7. The van der Waals surface area contributed by atoms with Crippen LogP contribution in [0.1, 0.15) is 24.9 Å². The molecule has 1 aliphatic rings. The fourth-order valence-corrected chi connectivity index (χ4v) is 3.06. The number of aromatic nitrogens is 2. The number of nitrogens with zero attached hydrogens (tertiary/aromatic N) is 2. The SMILES string of the molecule is CC(=O)Nc1cc(C)c(Br)cc1-c1ccnn1C1CCOC1. The molecule has 1 saturated heterocycles. The first-order chi connectivity index (χ1) is 10.6. The number of aryl methyl sites for hydroxylation is 1. The second-order valence-corrected chi connectivity index (χ2v) is 6.36. The summed E-state index contributed by atoms with van der Waals surface area (Å²) in [4.78, 5) is 11.5. The standard InChI is InChI=1S/C16H18BrN3O2/c1-10-7-15(19-11(2)21)13(8-14(10)17)16-3-5-18-20(16)12-4-6-22-9-12/h3,5,7-8,12H,4,6,9H2,1-2H3,(H,19,21). The molecule has 0 aliphatic carbocycles. The summed E-state index contributed by atoms with van der Waals surface area (Å²) in [5.41, 5.74) is 3.81. The summed E-state index contributed by atoms with van der Waals surface area (Å²) in [6, 6.07) is 6.23. The Morgan fingerprint density at radius 1 is 1.50 bits per heavy atom. The Bertz CT molecular complexity index is 705. The second kappa shape index (κ2) is 6.22. The molecular formula is C16H18BrN3O2. The van der Waals surface area contributed by atoms with Crippen molar-refractivity contribution in [1.29, 1.82) is 0 Å². The van der Waals surface area contributed by atoms with Crippen LogP contribution in [0.4, 0.5) is 5.69 Å². The molecule has 6 heteroatoms. The highest BCUT2D eigenvalue weighted by Crippen LogP contribution is 2.35. The number of amides is 1. The van der Waals surface area contributed by atoms with Crippen LogP contribution in [-0.4, -0.2) is 28.9 Å². The van der Waals surface area contributed by atoms with Gasteiger partial charge in [-0.25, -0.2) is 0 Å². The Morgan fingerprint density at radius 3 is 3.00 bits per heavy atom. The number of rotatable bonds is 3. The molecule has 1 aromatic heterocycles. The molecule has 3 rings (SSSR count). The van der Waals surface area contributed by atoms with Crippen LogP contribution in [0.15, 0.2) is 28.9 Å². The van der Waals surface area contributed by atoms with Gasteiger partial charge in [0.1, 0.15) is 0 Å². The smallest absolute Gasteiger partial charge is 0.221 e. The molecule has 0 saturated carbocycles. The van der Waals surface area contributed by atoms with E-state index in [2.05, 4.69) is 26.3 Å². The average molecular weight is 364 g/mol. The molecule has 1 fully saturated rings. The van der Waals surface area contributed by atoms with Gasteiger partial charge in [0.15, 0.2) is 0 Å². The Balaban J connectivity index is 2.09. The summed E-state index contributed by atoms with van der Waals surface area (Å²) < 4.78 is 8.47. The molecule has 0 bridgehead atoms. The third kappa shape index (κ3) is 2.94. The molecule has 1 aromatic carbocycles. The molecule has 5 nitrogen and oxygen atoms in total. The number of carbonyl (C=O) groups excluding carboxylic acids is 1. The molecular weight excluding hydrogens is 346 g/mol. The highest BCUT2D eigenvalue weighted by Gasteiger charge is 2.22. The van der Waals surface area contributed by atoms with Crippen LogP contribution < -0.4 is 5.32 Å². The largest absolute Gasteiger partial charge is 0.379 e. The van der Waals surface area contributed by atoms with E-state index in [0.29, 0.717) is 6.61 Å². The predicted octanol–water partition coefficient (Wildman–Crippen LogP) is 3.54. The lowest BCUT2D eigenvalue weighted by Crippen LogP contribution is -2.13. The van der Waals surface area contributed by atoms with E-state index in [4.69, 9.17) is 4.74 Å². The lowest BCUT2D eigenvalue weighted by molar-refractivity contribution is -0.114. The molecule has 2 aromatic rings. The van der Waals surface area contributed by atoms with E-state index in [1.165, 1.54) is 6.92 Å². The van der Waals surface area contributed by atoms with Crippen molar-refractivity contribution in [3.63, 3.8) is 0 Å². The van der Waals surface area contributed by atoms with Gasteiger partial charge in [0.2, 0.25) is 5.91 Å². The minimum atomic E-state index is -0.0850. The highest BCUT2D eigenvalue weighted by molar-refractivity contribution is 9.10. The highest BCUT2D eigenvalue weighted by atomic mass is 79.9. The van der Waals surface area contributed by atoms with E-state index in [9.17, 15) is 4.79 Å². The molecule has 1 atom stereocenters. The summed E-state index contributed by atoms with van der Waals surface area (Å²) >= 11 is 3.57. The van der Waals surface area contributed by atoms with Crippen molar-refractivity contribution < 1.29 is 9.53 Å². The van der Waals surface area contributed by atoms with Crippen LogP contribution in [-0.2, 0) is 9.53 Å². The summed E-state index contributed by atoms with van der Waals surface area (Å²) in [6.45, 7) is 4.96. The van der Waals surface area contributed by atoms with Crippen molar-refractivity contribution in [1.82, 2.24) is 9.78 Å². The van der Waals surface area contributed by atoms with Gasteiger partial charge >= 0.3 is 0 Å². The van der Waals surface area contributed by atoms with Gasteiger partial charge in [0.05, 0.1) is 24.0 Å². The first-order valence-corrected chi connectivity index (χ1v) is 8.05. The van der Waals surface area contributed by atoms with E-state index in [1.807, 2.05) is 29.8 Å². The number of anilines is 1. The molecule has 1 N–H and O–H groups in total. The van der Waals surface area contributed by atoms with E-state index < -0.39 is 0 Å². The van der Waals surface area contributed by atoms with Crippen LogP contribution in [0.5, 0.6) is 0 Å². The van der Waals surface area contributed by atoms with Crippen LogP contribution in [0.25, 0.3) is 11.3 Å². The van der Waals surface area contributed by atoms with Crippen molar-refractivity contribution in [3.8, 4) is 11.3 Å². The lowest BCUT2D eigenvalue weighted by Gasteiger charge is -2.17. The van der Waals surface area contributed by atoms with E-state index >= 15 is 0 Å². The Hall–Kier alpha value is -1.66. The zero-order chi connectivity index (χ0) is 15.7. The van der Waals surface area contributed by atoms with Gasteiger partial charge in [0.25, 0.3) is 0 Å². The van der Waals surface area contributed by atoms with E-state index in [0.717, 1.165) is 40.0 Å². The number of hydrogen-bond acceptors (Lipinski definition) is 3. The number of hydrogen-bond donors (Lipinski definition) is 1. The molecule has 116 valence electrons. The topological polar surface area (TPSA) is 56.2 Å². The fourth-order valence-electron chi connectivity index (χ4n) is 2.72. The zero-order valence-electron chi connectivity index (χ0n) is 12.6. The third-order valence-electron chi connectivity index (χ3n) is 3.81. The molecule has 2 heterocycles. The lowest BCUT2D eigenvalue weighted by atomic mass is 10.1. The summed E-state index contributed by atoms with van der Waals surface area (Å²) in [5, 5.41) is 7.37. The Labute approximate surface area is 137 Å². The molecule has 1 aliphatic heterocycles. The second-order valence-electron chi connectivity index (χ2n) is 5.51. The van der Waals surface area contributed by atoms with Crippen LogP contribution in [0.2, 0.25) is 0 Å². The van der Waals surface area contributed by atoms with E-state index in [-0.39, 0.29) is 11.9 Å². The number of benzene rings is 1. The minimum absolute atomic E-state index is 0.0850. The van der Waals surface area contributed by atoms with Crippen molar-refractivity contribution in [2.24, 2.45) is 0 Å². The zero-order valence-corrected chi connectivity index (χ0v) is 14.2.